The van der Waals surface area contributed by atoms with Crippen LogP contribution in [0.4, 0.5) is 5.82 Å². The van der Waals surface area contributed by atoms with Gasteiger partial charge in [0.1, 0.15) is 10.8 Å². The Morgan fingerprint density at radius 2 is 1.90 bits per heavy atom. The van der Waals surface area contributed by atoms with Gasteiger partial charge in [0.05, 0.1) is 46.8 Å². The Kier molecular flexibility index (Phi) is 7.11. The summed E-state index contributed by atoms with van der Waals surface area (Å²) in [6.07, 6.45) is 8.24. The first-order valence-electron chi connectivity index (χ1n) is 13.5. The summed E-state index contributed by atoms with van der Waals surface area (Å²) in [6.45, 7) is 6.01. The fraction of sp³-hybridized carbons (Fsp3) is 0.400. The maximum atomic E-state index is 13.3. The average molecular weight is 577 g/mol. The average Bonchev–Trinajstić information content (AvgIpc) is 3.23. The van der Waals surface area contributed by atoms with Crippen LogP contribution in [0, 0.1) is 5.41 Å². The molecule has 0 unspecified atom stereocenters. The Morgan fingerprint density at radius 1 is 1.12 bits per heavy atom. The van der Waals surface area contributed by atoms with E-state index >= 15 is 0 Å². The minimum atomic E-state index is -0.515. The summed E-state index contributed by atoms with van der Waals surface area (Å²) in [5, 5.41) is 1.46. The number of hydrogen-bond donors (Lipinski definition) is 1. The van der Waals surface area contributed by atoms with Gasteiger partial charge in [0.15, 0.2) is 0 Å². The molecule has 2 aromatic heterocycles. The zero-order valence-electron chi connectivity index (χ0n) is 22.9. The molecule has 1 aliphatic carbocycles. The molecule has 0 radical (unpaired) electrons. The van der Waals surface area contributed by atoms with Crippen LogP contribution in [0.15, 0.2) is 69.8 Å². The number of ether oxygens (including phenoxy) is 1. The van der Waals surface area contributed by atoms with Gasteiger partial charge in [-0.1, -0.05) is 47.6 Å². The first-order valence-corrected chi connectivity index (χ1v) is 14.7. The molecule has 1 spiro atoms. The molecule has 2 N–H and O–H groups in total. The maximum Gasteiger partial charge on any atom is 0.262 e. The molecule has 208 valence electrons. The predicted molar refractivity (Wildman–Crippen MR) is 159 cm³/mol. The van der Waals surface area contributed by atoms with Gasteiger partial charge >= 0.3 is 0 Å². The van der Waals surface area contributed by atoms with E-state index in [1.807, 2.05) is 32.2 Å². The van der Waals surface area contributed by atoms with Crippen LogP contribution in [0.25, 0.3) is 10.9 Å². The van der Waals surface area contributed by atoms with Crippen molar-refractivity contribution in [3.63, 3.8) is 0 Å². The lowest BCUT2D eigenvalue weighted by Gasteiger charge is -2.42. The van der Waals surface area contributed by atoms with Crippen LogP contribution < -0.4 is 16.2 Å². The van der Waals surface area contributed by atoms with E-state index in [1.54, 1.807) is 24.2 Å². The SMILES string of the molecule is COC(C)(C)Cn1cnc2ccc(Sc3cnc(N4CCC5(CC4)Cc4ccccc4[C@H]5N)cn3)c(Cl)c2c1=O. The topological polar surface area (TPSA) is 99.2 Å². The lowest BCUT2D eigenvalue weighted by Crippen LogP contribution is -2.44. The van der Waals surface area contributed by atoms with Crippen molar-refractivity contribution < 1.29 is 4.74 Å². The first kappa shape index (κ1) is 27.2. The number of nitrogens with zero attached hydrogens (tertiary/aromatic N) is 5. The standard InChI is InChI=1S/C30H33ClN6O2S/c1-29(2,39-3)17-37-18-35-21-8-9-22(26(31)25(21)28(37)38)40-24-16-33-23(15-34-24)36-12-10-30(11-13-36)14-19-6-4-5-7-20(19)27(30)32/h4-9,15-16,18,27H,10-14,17,32H2,1-3H3/t27-/m1/s1. The number of benzene rings is 2. The molecule has 1 atom stereocenters. The quantitative estimate of drug-likeness (QED) is 0.332. The Hall–Kier alpha value is -2.98. The van der Waals surface area contributed by atoms with Crippen LogP contribution in [0.1, 0.15) is 43.9 Å². The van der Waals surface area contributed by atoms with E-state index in [1.165, 1.54) is 22.9 Å². The molecule has 0 bridgehead atoms. The van der Waals surface area contributed by atoms with Crippen molar-refractivity contribution in [1.29, 1.82) is 0 Å². The molecule has 4 aromatic rings. The number of halogens is 1. The highest BCUT2D eigenvalue weighted by Gasteiger charge is 2.45. The van der Waals surface area contributed by atoms with Gasteiger partial charge in [0, 0.05) is 31.1 Å². The van der Waals surface area contributed by atoms with Crippen LogP contribution in [-0.4, -0.2) is 45.3 Å². The number of rotatable bonds is 6. The second-order valence-corrected chi connectivity index (χ2v) is 12.9. The largest absolute Gasteiger partial charge is 0.377 e. The molecule has 40 heavy (non-hydrogen) atoms. The van der Waals surface area contributed by atoms with Gasteiger partial charge in [-0.2, -0.15) is 0 Å². The van der Waals surface area contributed by atoms with E-state index in [0.29, 0.717) is 27.5 Å². The summed E-state index contributed by atoms with van der Waals surface area (Å²) in [5.74, 6) is 0.862. The Labute approximate surface area is 242 Å². The van der Waals surface area contributed by atoms with Crippen LogP contribution in [-0.2, 0) is 17.7 Å². The Morgan fingerprint density at radius 3 is 2.60 bits per heavy atom. The second kappa shape index (κ2) is 10.4. The first-order chi connectivity index (χ1) is 19.2. The third-order valence-electron chi connectivity index (χ3n) is 8.50. The molecule has 2 aromatic carbocycles. The van der Waals surface area contributed by atoms with E-state index < -0.39 is 5.60 Å². The number of piperidine rings is 1. The van der Waals surface area contributed by atoms with E-state index in [4.69, 9.17) is 27.1 Å². The molecule has 6 rings (SSSR count). The molecule has 0 amide bonds. The minimum absolute atomic E-state index is 0.0909. The monoisotopic (exact) mass is 576 g/mol. The number of anilines is 1. The Bertz CT molecular complexity index is 1620. The fourth-order valence-electron chi connectivity index (χ4n) is 5.98. The molecule has 1 aliphatic heterocycles. The van der Waals surface area contributed by atoms with Crippen molar-refractivity contribution in [3.8, 4) is 0 Å². The fourth-order valence-corrected chi connectivity index (χ4v) is 7.10. The summed E-state index contributed by atoms with van der Waals surface area (Å²) < 4.78 is 7.03. The van der Waals surface area contributed by atoms with E-state index in [0.717, 1.165) is 43.1 Å². The van der Waals surface area contributed by atoms with Gasteiger partial charge in [-0.25, -0.2) is 15.0 Å². The van der Waals surface area contributed by atoms with Gasteiger partial charge in [-0.3, -0.25) is 9.36 Å². The van der Waals surface area contributed by atoms with Gasteiger partial charge in [-0.15, -0.1) is 0 Å². The van der Waals surface area contributed by atoms with Crippen LogP contribution >= 0.6 is 23.4 Å². The molecule has 10 heteroatoms. The zero-order valence-corrected chi connectivity index (χ0v) is 24.5. The third kappa shape index (κ3) is 4.89. The third-order valence-corrected chi connectivity index (χ3v) is 9.99. The highest BCUT2D eigenvalue weighted by atomic mass is 35.5. The van der Waals surface area contributed by atoms with Crippen molar-refractivity contribution in [1.82, 2.24) is 19.5 Å². The molecular weight excluding hydrogens is 544 g/mol. The van der Waals surface area contributed by atoms with Crippen molar-refractivity contribution in [2.75, 3.05) is 25.1 Å². The number of fused-ring (bicyclic) bond motifs is 2. The number of methoxy groups -OCH3 is 1. The van der Waals surface area contributed by atoms with Gasteiger partial charge in [-0.05, 0) is 61.8 Å². The van der Waals surface area contributed by atoms with Crippen molar-refractivity contribution in [2.24, 2.45) is 11.1 Å². The van der Waals surface area contributed by atoms with Crippen molar-refractivity contribution >= 4 is 40.1 Å². The van der Waals surface area contributed by atoms with E-state index in [-0.39, 0.29) is 17.0 Å². The molecular formula is C30H33ClN6O2S. The van der Waals surface area contributed by atoms with Gasteiger partial charge in [0.25, 0.3) is 5.56 Å². The highest BCUT2D eigenvalue weighted by Crippen LogP contribution is 2.50. The van der Waals surface area contributed by atoms with E-state index in [2.05, 4.69) is 39.1 Å². The maximum absolute atomic E-state index is 13.3. The van der Waals surface area contributed by atoms with E-state index in [9.17, 15) is 4.79 Å². The summed E-state index contributed by atoms with van der Waals surface area (Å²) in [6, 6.07) is 12.4. The number of hydrogen-bond acceptors (Lipinski definition) is 8. The molecule has 3 heterocycles. The lowest BCUT2D eigenvalue weighted by atomic mass is 9.73. The molecule has 0 saturated carbocycles. The van der Waals surface area contributed by atoms with Crippen LogP contribution in [0.5, 0.6) is 0 Å². The highest BCUT2D eigenvalue weighted by molar-refractivity contribution is 7.99. The van der Waals surface area contributed by atoms with Gasteiger partial charge < -0.3 is 15.4 Å². The normalized spacial score (nSPS) is 18.4. The molecule has 1 saturated heterocycles. The summed E-state index contributed by atoms with van der Waals surface area (Å²) in [5.41, 5.74) is 9.41. The zero-order chi connectivity index (χ0) is 28.1. The molecule has 1 fully saturated rings. The van der Waals surface area contributed by atoms with Crippen LogP contribution in [0.3, 0.4) is 0 Å². The van der Waals surface area contributed by atoms with Crippen LogP contribution in [0.2, 0.25) is 5.02 Å². The Balaban J connectivity index is 1.16. The predicted octanol–water partition coefficient (Wildman–Crippen LogP) is 5.26. The summed E-state index contributed by atoms with van der Waals surface area (Å²) in [4.78, 5) is 30.1. The van der Waals surface area contributed by atoms with Crippen molar-refractivity contribution in [2.45, 2.75) is 61.2 Å². The second-order valence-electron chi connectivity index (χ2n) is 11.4. The smallest absolute Gasteiger partial charge is 0.262 e. The number of nitrogens with two attached hydrogens (primary N) is 1. The molecule has 8 nitrogen and oxygen atoms in total. The van der Waals surface area contributed by atoms with Gasteiger partial charge in [0.2, 0.25) is 0 Å². The molecule has 2 aliphatic rings. The summed E-state index contributed by atoms with van der Waals surface area (Å²) in [7, 11) is 1.62. The lowest BCUT2D eigenvalue weighted by molar-refractivity contribution is 0.00728. The van der Waals surface area contributed by atoms with Crippen molar-refractivity contribution in [3.05, 3.63) is 81.6 Å². The number of aromatic nitrogens is 4. The minimum Gasteiger partial charge on any atom is -0.377 e. The summed E-state index contributed by atoms with van der Waals surface area (Å²) >= 11 is 8.14.